The van der Waals surface area contributed by atoms with Crippen LogP contribution in [0.3, 0.4) is 0 Å². The number of hydrogen-bond donors (Lipinski definition) is 1. The van der Waals surface area contributed by atoms with E-state index in [1.165, 1.54) is 11.3 Å². The fourth-order valence-corrected chi connectivity index (χ4v) is 2.42. The zero-order valence-electron chi connectivity index (χ0n) is 8.63. The fraction of sp³-hybridized carbons (Fsp3) is 0. The van der Waals surface area contributed by atoms with E-state index in [1.54, 1.807) is 30.7 Å². The van der Waals surface area contributed by atoms with Gasteiger partial charge in [-0.05, 0) is 34.1 Å². The smallest absolute Gasteiger partial charge is 0.267 e. The molecule has 1 N–H and O–H groups in total. The van der Waals surface area contributed by atoms with E-state index < -0.39 is 0 Å². The van der Waals surface area contributed by atoms with E-state index in [9.17, 15) is 4.79 Å². The Bertz CT molecular complexity index is 539. The van der Waals surface area contributed by atoms with Gasteiger partial charge in [-0.2, -0.15) is 5.10 Å². The number of pyridine rings is 1. The lowest BCUT2D eigenvalue weighted by molar-refractivity contribution is 0.0955. The minimum atomic E-state index is -0.251. The summed E-state index contributed by atoms with van der Waals surface area (Å²) in [6.45, 7) is 0. The molecule has 0 fully saturated rings. The lowest BCUT2D eigenvalue weighted by atomic mass is 10.3. The summed E-state index contributed by atoms with van der Waals surface area (Å²) in [6, 6.07) is 5.19. The van der Waals surface area contributed by atoms with Crippen LogP contribution < -0.4 is 5.43 Å². The predicted octanol–water partition coefficient (Wildman–Crippen LogP) is 2.67. The monoisotopic (exact) mass is 309 g/mol. The Morgan fingerprint density at radius 2 is 2.24 bits per heavy atom. The summed E-state index contributed by atoms with van der Waals surface area (Å²) in [7, 11) is 0. The SMILES string of the molecule is O=C(N/N=C/c1cc(Br)cs1)c1ccncc1. The summed E-state index contributed by atoms with van der Waals surface area (Å²) in [5, 5.41) is 5.83. The number of rotatable bonds is 3. The predicted molar refractivity (Wildman–Crippen MR) is 71.3 cm³/mol. The van der Waals surface area contributed by atoms with Crippen LogP contribution in [0.2, 0.25) is 0 Å². The van der Waals surface area contributed by atoms with E-state index in [1.807, 2.05) is 11.4 Å². The molecule has 4 nitrogen and oxygen atoms in total. The van der Waals surface area contributed by atoms with E-state index in [-0.39, 0.29) is 5.91 Å². The van der Waals surface area contributed by atoms with Crippen LogP contribution >= 0.6 is 27.3 Å². The highest BCUT2D eigenvalue weighted by atomic mass is 79.9. The molecular weight excluding hydrogens is 302 g/mol. The van der Waals surface area contributed by atoms with Gasteiger partial charge in [-0.1, -0.05) is 0 Å². The van der Waals surface area contributed by atoms with Crippen LogP contribution in [-0.4, -0.2) is 17.1 Å². The molecule has 0 saturated carbocycles. The molecule has 0 saturated heterocycles. The number of amides is 1. The van der Waals surface area contributed by atoms with Crippen molar-refractivity contribution in [3.8, 4) is 0 Å². The summed E-state index contributed by atoms with van der Waals surface area (Å²) < 4.78 is 1.00. The van der Waals surface area contributed by atoms with E-state index in [2.05, 4.69) is 31.4 Å². The third-order valence-corrected chi connectivity index (χ3v) is 3.52. The van der Waals surface area contributed by atoms with Gasteiger partial charge in [-0.25, -0.2) is 5.43 Å². The van der Waals surface area contributed by atoms with Gasteiger partial charge >= 0.3 is 0 Å². The minimum absolute atomic E-state index is 0.251. The number of halogens is 1. The summed E-state index contributed by atoms with van der Waals surface area (Å²) in [4.78, 5) is 16.4. The molecule has 0 aromatic carbocycles. The first-order chi connectivity index (χ1) is 8.25. The number of carbonyl (C=O) groups excluding carboxylic acids is 1. The topological polar surface area (TPSA) is 54.4 Å². The summed E-state index contributed by atoms with van der Waals surface area (Å²) in [5.41, 5.74) is 2.98. The van der Waals surface area contributed by atoms with Gasteiger partial charge in [0.2, 0.25) is 0 Å². The largest absolute Gasteiger partial charge is 0.271 e. The standard InChI is InChI=1S/C11H8BrN3OS/c12-9-5-10(17-7-9)6-14-15-11(16)8-1-3-13-4-2-8/h1-7H,(H,15,16)/b14-6+. The fourth-order valence-electron chi connectivity index (χ4n) is 1.12. The average molecular weight is 310 g/mol. The van der Waals surface area contributed by atoms with Crippen molar-refractivity contribution in [2.45, 2.75) is 0 Å². The van der Waals surface area contributed by atoms with Gasteiger partial charge in [0.25, 0.3) is 5.91 Å². The molecule has 2 aromatic rings. The van der Waals surface area contributed by atoms with Crippen LogP contribution in [0.5, 0.6) is 0 Å². The number of hydrogen-bond acceptors (Lipinski definition) is 4. The van der Waals surface area contributed by atoms with E-state index >= 15 is 0 Å². The molecule has 0 bridgehead atoms. The number of carbonyl (C=O) groups is 1. The van der Waals surface area contributed by atoms with Gasteiger partial charge in [0, 0.05) is 32.7 Å². The van der Waals surface area contributed by atoms with Crippen molar-refractivity contribution < 1.29 is 4.79 Å². The van der Waals surface area contributed by atoms with Crippen LogP contribution in [0.25, 0.3) is 0 Å². The van der Waals surface area contributed by atoms with Crippen molar-refractivity contribution in [2.75, 3.05) is 0 Å². The highest BCUT2D eigenvalue weighted by Crippen LogP contribution is 2.17. The van der Waals surface area contributed by atoms with Gasteiger partial charge in [0.1, 0.15) is 0 Å². The number of hydrazone groups is 1. The molecular formula is C11H8BrN3OS. The van der Waals surface area contributed by atoms with Crippen molar-refractivity contribution in [1.82, 2.24) is 10.4 Å². The summed E-state index contributed by atoms with van der Waals surface area (Å²) in [5.74, 6) is -0.251. The maximum absolute atomic E-state index is 11.6. The van der Waals surface area contributed by atoms with Crippen LogP contribution in [0.15, 0.2) is 45.5 Å². The first-order valence-corrected chi connectivity index (χ1v) is 6.40. The molecule has 0 radical (unpaired) electrons. The molecule has 0 unspecified atom stereocenters. The molecule has 1 amide bonds. The van der Waals surface area contributed by atoms with Crippen LogP contribution in [-0.2, 0) is 0 Å². The number of nitrogens with one attached hydrogen (secondary N) is 1. The molecule has 0 atom stereocenters. The van der Waals surface area contributed by atoms with Crippen LogP contribution in [0.4, 0.5) is 0 Å². The normalized spacial score (nSPS) is 10.6. The lowest BCUT2D eigenvalue weighted by Crippen LogP contribution is -2.17. The first-order valence-electron chi connectivity index (χ1n) is 4.73. The van der Waals surface area contributed by atoms with Gasteiger partial charge < -0.3 is 0 Å². The third kappa shape index (κ3) is 3.47. The molecule has 0 spiro atoms. The Balaban J connectivity index is 1.95. The van der Waals surface area contributed by atoms with Crippen LogP contribution in [0.1, 0.15) is 15.2 Å². The van der Waals surface area contributed by atoms with Crippen molar-refractivity contribution in [3.63, 3.8) is 0 Å². The summed E-state index contributed by atoms with van der Waals surface area (Å²) >= 11 is 4.88. The van der Waals surface area contributed by atoms with E-state index in [0.29, 0.717) is 5.56 Å². The van der Waals surface area contributed by atoms with Gasteiger partial charge in [0.15, 0.2) is 0 Å². The molecule has 2 heterocycles. The molecule has 0 aliphatic carbocycles. The Hall–Kier alpha value is -1.53. The average Bonchev–Trinajstić information content (AvgIpc) is 2.76. The quantitative estimate of drug-likeness (QED) is 0.700. The van der Waals surface area contributed by atoms with Gasteiger partial charge in [0.05, 0.1) is 6.21 Å². The van der Waals surface area contributed by atoms with Crippen molar-refractivity contribution in [3.05, 3.63) is 50.9 Å². The number of aromatic nitrogens is 1. The number of thiophene rings is 1. The second kappa shape index (κ2) is 5.70. The molecule has 17 heavy (non-hydrogen) atoms. The molecule has 2 rings (SSSR count). The molecule has 6 heteroatoms. The lowest BCUT2D eigenvalue weighted by Gasteiger charge is -1.97. The second-order valence-electron chi connectivity index (χ2n) is 3.10. The van der Waals surface area contributed by atoms with Gasteiger partial charge in [-0.3, -0.25) is 9.78 Å². The van der Waals surface area contributed by atoms with E-state index in [0.717, 1.165) is 9.35 Å². The van der Waals surface area contributed by atoms with Crippen LogP contribution in [0, 0.1) is 0 Å². The van der Waals surface area contributed by atoms with Crippen molar-refractivity contribution >= 4 is 39.4 Å². The highest BCUT2D eigenvalue weighted by Gasteiger charge is 2.01. The second-order valence-corrected chi connectivity index (χ2v) is 4.96. The maximum atomic E-state index is 11.6. The third-order valence-electron chi connectivity index (χ3n) is 1.89. The number of nitrogens with zero attached hydrogens (tertiary/aromatic N) is 2. The van der Waals surface area contributed by atoms with Crippen molar-refractivity contribution in [2.24, 2.45) is 5.10 Å². The van der Waals surface area contributed by atoms with Crippen molar-refractivity contribution in [1.29, 1.82) is 0 Å². The molecule has 2 aromatic heterocycles. The first kappa shape index (κ1) is 11.9. The Kier molecular flexibility index (Phi) is 4.00. The maximum Gasteiger partial charge on any atom is 0.271 e. The van der Waals surface area contributed by atoms with E-state index in [4.69, 9.17) is 0 Å². The van der Waals surface area contributed by atoms with Gasteiger partial charge in [-0.15, -0.1) is 11.3 Å². The Morgan fingerprint density at radius 1 is 1.47 bits per heavy atom. The zero-order chi connectivity index (χ0) is 12.1. The molecule has 86 valence electrons. The minimum Gasteiger partial charge on any atom is -0.267 e. The Morgan fingerprint density at radius 3 is 2.88 bits per heavy atom. The highest BCUT2D eigenvalue weighted by molar-refractivity contribution is 9.10. The Labute approximate surface area is 111 Å². The molecule has 0 aliphatic heterocycles. The zero-order valence-corrected chi connectivity index (χ0v) is 11.0. The summed E-state index contributed by atoms with van der Waals surface area (Å²) in [6.07, 6.45) is 4.73. The molecule has 0 aliphatic rings.